The van der Waals surface area contributed by atoms with Crippen LogP contribution in [-0.2, 0) is 6.54 Å². The number of hydrogen-bond acceptors (Lipinski definition) is 3. The van der Waals surface area contributed by atoms with Gasteiger partial charge in [-0.1, -0.05) is 24.3 Å². The SMILES string of the molecule is CCOc1ccccc1C(Cn1ccccc1=O)NC. The Kier molecular flexibility index (Phi) is 4.96. The Morgan fingerprint density at radius 1 is 1.20 bits per heavy atom. The molecule has 0 aliphatic rings. The van der Waals surface area contributed by atoms with Crippen molar-refractivity contribution in [1.29, 1.82) is 0 Å². The fourth-order valence-electron chi connectivity index (χ4n) is 2.21. The predicted molar refractivity (Wildman–Crippen MR) is 80.1 cm³/mol. The number of ether oxygens (including phenoxy) is 1. The molecule has 1 atom stereocenters. The Labute approximate surface area is 119 Å². The maximum absolute atomic E-state index is 11.8. The van der Waals surface area contributed by atoms with Gasteiger partial charge in [0.05, 0.1) is 12.6 Å². The monoisotopic (exact) mass is 272 g/mol. The Bertz CT molecular complexity index is 607. The largest absolute Gasteiger partial charge is 0.494 e. The van der Waals surface area contributed by atoms with Gasteiger partial charge in [-0.05, 0) is 26.1 Å². The minimum Gasteiger partial charge on any atom is -0.494 e. The molecule has 1 aromatic carbocycles. The number of aromatic nitrogens is 1. The highest BCUT2D eigenvalue weighted by atomic mass is 16.5. The van der Waals surface area contributed by atoms with Gasteiger partial charge in [-0.2, -0.15) is 0 Å². The zero-order valence-electron chi connectivity index (χ0n) is 11.9. The summed E-state index contributed by atoms with van der Waals surface area (Å²) in [5.41, 5.74) is 1.06. The van der Waals surface area contributed by atoms with E-state index >= 15 is 0 Å². The van der Waals surface area contributed by atoms with Crippen molar-refractivity contribution >= 4 is 0 Å². The van der Waals surface area contributed by atoms with Crippen LogP contribution in [0.15, 0.2) is 53.5 Å². The lowest BCUT2D eigenvalue weighted by atomic mass is 10.1. The van der Waals surface area contributed by atoms with Crippen LogP contribution in [0, 0.1) is 0 Å². The molecule has 0 saturated heterocycles. The van der Waals surface area contributed by atoms with Crippen LogP contribution in [0.2, 0.25) is 0 Å². The Balaban J connectivity index is 2.29. The smallest absolute Gasteiger partial charge is 0.250 e. The van der Waals surface area contributed by atoms with E-state index in [0.29, 0.717) is 13.2 Å². The Morgan fingerprint density at radius 3 is 2.65 bits per heavy atom. The number of nitrogens with zero attached hydrogens (tertiary/aromatic N) is 1. The zero-order chi connectivity index (χ0) is 14.4. The molecule has 0 fully saturated rings. The van der Waals surface area contributed by atoms with Crippen LogP contribution >= 0.6 is 0 Å². The van der Waals surface area contributed by atoms with Crippen LogP contribution in [0.25, 0.3) is 0 Å². The third kappa shape index (κ3) is 3.27. The predicted octanol–water partition coefficient (Wildman–Crippen LogP) is 2.21. The van der Waals surface area contributed by atoms with E-state index in [-0.39, 0.29) is 11.6 Å². The first-order valence-corrected chi connectivity index (χ1v) is 6.80. The summed E-state index contributed by atoms with van der Waals surface area (Å²) in [5, 5.41) is 3.25. The minimum absolute atomic E-state index is 0.00152. The number of para-hydroxylation sites is 1. The fourth-order valence-corrected chi connectivity index (χ4v) is 2.21. The normalized spacial score (nSPS) is 12.1. The molecule has 0 amide bonds. The van der Waals surface area contributed by atoms with E-state index in [9.17, 15) is 4.79 Å². The molecule has 4 heteroatoms. The molecule has 2 rings (SSSR count). The second kappa shape index (κ2) is 6.91. The van der Waals surface area contributed by atoms with E-state index in [1.807, 2.05) is 44.3 Å². The van der Waals surface area contributed by atoms with Crippen LogP contribution in [0.1, 0.15) is 18.5 Å². The Hall–Kier alpha value is -2.07. The average Bonchev–Trinajstić information content (AvgIpc) is 2.48. The van der Waals surface area contributed by atoms with Crippen molar-refractivity contribution in [3.8, 4) is 5.75 Å². The van der Waals surface area contributed by atoms with E-state index < -0.39 is 0 Å². The first-order valence-electron chi connectivity index (χ1n) is 6.80. The minimum atomic E-state index is 0.00152. The van der Waals surface area contributed by atoms with Gasteiger partial charge >= 0.3 is 0 Å². The van der Waals surface area contributed by atoms with E-state index in [1.54, 1.807) is 22.9 Å². The molecule has 0 aliphatic heterocycles. The molecule has 0 saturated carbocycles. The molecule has 1 aromatic heterocycles. The third-order valence-electron chi connectivity index (χ3n) is 3.22. The van der Waals surface area contributed by atoms with Gasteiger partial charge in [0.2, 0.25) is 0 Å². The second-order valence-electron chi connectivity index (χ2n) is 4.50. The zero-order valence-corrected chi connectivity index (χ0v) is 11.9. The van der Waals surface area contributed by atoms with E-state index in [2.05, 4.69) is 5.32 Å². The average molecular weight is 272 g/mol. The number of benzene rings is 1. The van der Waals surface area contributed by atoms with Gasteiger partial charge in [0, 0.05) is 24.4 Å². The molecule has 1 unspecified atom stereocenters. The maximum atomic E-state index is 11.8. The molecular weight excluding hydrogens is 252 g/mol. The molecule has 20 heavy (non-hydrogen) atoms. The topological polar surface area (TPSA) is 43.3 Å². The van der Waals surface area contributed by atoms with Gasteiger partial charge in [-0.25, -0.2) is 0 Å². The van der Waals surface area contributed by atoms with Crippen LogP contribution in [0.4, 0.5) is 0 Å². The van der Waals surface area contributed by atoms with Crippen LogP contribution < -0.4 is 15.6 Å². The lowest BCUT2D eigenvalue weighted by Gasteiger charge is -2.20. The molecule has 106 valence electrons. The van der Waals surface area contributed by atoms with Gasteiger partial charge in [0.15, 0.2) is 0 Å². The summed E-state index contributed by atoms with van der Waals surface area (Å²) in [5.74, 6) is 0.860. The standard InChI is InChI=1S/C16H20N2O2/c1-3-20-15-9-5-4-8-13(15)14(17-2)12-18-11-7-6-10-16(18)19/h4-11,14,17H,3,12H2,1-2H3. The van der Waals surface area contributed by atoms with Crippen LogP contribution in [-0.4, -0.2) is 18.2 Å². The maximum Gasteiger partial charge on any atom is 0.250 e. The van der Waals surface area contributed by atoms with Crippen molar-refractivity contribution < 1.29 is 4.74 Å². The van der Waals surface area contributed by atoms with Gasteiger partial charge in [-0.3, -0.25) is 4.79 Å². The van der Waals surface area contributed by atoms with Crippen molar-refractivity contribution in [2.75, 3.05) is 13.7 Å². The van der Waals surface area contributed by atoms with Crippen molar-refractivity contribution in [2.45, 2.75) is 19.5 Å². The number of hydrogen-bond donors (Lipinski definition) is 1. The van der Waals surface area contributed by atoms with Crippen molar-refractivity contribution in [1.82, 2.24) is 9.88 Å². The summed E-state index contributed by atoms with van der Waals surface area (Å²) in [6, 6.07) is 13.1. The molecule has 0 radical (unpaired) electrons. The lowest BCUT2D eigenvalue weighted by molar-refractivity contribution is 0.329. The third-order valence-corrected chi connectivity index (χ3v) is 3.22. The quantitative estimate of drug-likeness (QED) is 0.876. The number of nitrogens with one attached hydrogen (secondary N) is 1. The summed E-state index contributed by atoms with van der Waals surface area (Å²) in [7, 11) is 1.89. The second-order valence-corrected chi connectivity index (χ2v) is 4.50. The first-order chi connectivity index (χ1) is 9.76. The summed E-state index contributed by atoms with van der Waals surface area (Å²) in [6.45, 7) is 3.16. The lowest BCUT2D eigenvalue weighted by Crippen LogP contribution is -2.28. The summed E-state index contributed by atoms with van der Waals surface area (Å²) >= 11 is 0. The van der Waals surface area contributed by atoms with Gasteiger partial charge in [0.1, 0.15) is 5.75 Å². The summed E-state index contributed by atoms with van der Waals surface area (Å²) < 4.78 is 7.36. The Morgan fingerprint density at radius 2 is 1.95 bits per heavy atom. The highest BCUT2D eigenvalue weighted by Gasteiger charge is 2.15. The van der Waals surface area contributed by atoms with Crippen molar-refractivity contribution in [3.63, 3.8) is 0 Å². The highest BCUT2D eigenvalue weighted by Crippen LogP contribution is 2.25. The number of rotatable bonds is 6. The fraction of sp³-hybridized carbons (Fsp3) is 0.312. The van der Waals surface area contributed by atoms with Crippen molar-refractivity contribution in [2.24, 2.45) is 0 Å². The van der Waals surface area contributed by atoms with E-state index in [4.69, 9.17) is 4.74 Å². The molecule has 0 spiro atoms. The van der Waals surface area contributed by atoms with E-state index in [1.165, 1.54) is 0 Å². The molecule has 4 nitrogen and oxygen atoms in total. The number of likely N-dealkylation sites (N-methyl/N-ethyl adjacent to an activating group) is 1. The van der Waals surface area contributed by atoms with Crippen molar-refractivity contribution in [3.05, 3.63) is 64.6 Å². The molecular formula is C16H20N2O2. The van der Waals surface area contributed by atoms with Gasteiger partial charge in [-0.15, -0.1) is 0 Å². The van der Waals surface area contributed by atoms with Gasteiger partial charge in [0.25, 0.3) is 5.56 Å². The highest BCUT2D eigenvalue weighted by molar-refractivity contribution is 5.36. The van der Waals surface area contributed by atoms with Crippen LogP contribution in [0.5, 0.6) is 5.75 Å². The molecule has 2 aromatic rings. The van der Waals surface area contributed by atoms with Gasteiger partial charge < -0.3 is 14.6 Å². The first kappa shape index (κ1) is 14.3. The van der Waals surface area contributed by atoms with Crippen LogP contribution in [0.3, 0.4) is 0 Å². The molecule has 1 N–H and O–H groups in total. The molecule has 1 heterocycles. The summed E-state index contributed by atoms with van der Waals surface area (Å²) in [4.78, 5) is 11.8. The molecule has 0 aliphatic carbocycles. The number of pyridine rings is 1. The molecule has 0 bridgehead atoms. The van der Waals surface area contributed by atoms with E-state index in [0.717, 1.165) is 11.3 Å². The summed E-state index contributed by atoms with van der Waals surface area (Å²) in [6.07, 6.45) is 1.80.